The first-order valence-corrected chi connectivity index (χ1v) is 9.16. The molecule has 0 atom stereocenters. The van der Waals surface area contributed by atoms with Crippen molar-refractivity contribution in [1.29, 1.82) is 0 Å². The smallest absolute Gasteiger partial charge is 0.304 e. The molecule has 0 radical (unpaired) electrons. The van der Waals surface area contributed by atoms with E-state index in [9.17, 15) is 18.5 Å². The summed E-state index contributed by atoms with van der Waals surface area (Å²) in [4.78, 5) is 11.2. The van der Waals surface area contributed by atoms with Crippen molar-refractivity contribution in [2.75, 3.05) is 11.9 Å². The van der Waals surface area contributed by atoms with Gasteiger partial charge in [0.1, 0.15) is 4.21 Å². The minimum absolute atomic E-state index is 0.0679. The molecule has 2 heterocycles. The maximum atomic E-state index is 12.2. The Balaban J connectivity index is 2.23. The SMILES string of the molecule is CCNc1sc(S(=O)(=O)NCc2cccs2)cc1[N+](=O)[O-]. The zero-order valence-corrected chi connectivity index (χ0v) is 13.5. The third-order valence-corrected chi connectivity index (χ3v) is 6.34. The molecule has 0 aliphatic rings. The molecule has 2 aromatic rings. The van der Waals surface area contributed by atoms with Gasteiger partial charge in [0.2, 0.25) is 0 Å². The fourth-order valence-corrected chi connectivity index (χ4v) is 4.75. The lowest BCUT2D eigenvalue weighted by Gasteiger charge is -2.02. The first-order valence-electron chi connectivity index (χ1n) is 5.98. The number of hydrogen-bond donors (Lipinski definition) is 2. The topological polar surface area (TPSA) is 101 Å². The maximum Gasteiger partial charge on any atom is 0.304 e. The van der Waals surface area contributed by atoms with Crippen LogP contribution in [0.15, 0.2) is 27.8 Å². The van der Waals surface area contributed by atoms with Gasteiger partial charge in [0.15, 0.2) is 5.00 Å². The number of thiophene rings is 2. The van der Waals surface area contributed by atoms with Gasteiger partial charge < -0.3 is 5.32 Å². The predicted molar refractivity (Wildman–Crippen MR) is 83.5 cm³/mol. The molecular formula is C11H13N3O4S3. The van der Waals surface area contributed by atoms with Gasteiger partial charge in [-0.15, -0.1) is 11.3 Å². The molecule has 0 spiro atoms. The van der Waals surface area contributed by atoms with Crippen molar-refractivity contribution in [1.82, 2.24) is 4.72 Å². The lowest BCUT2D eigenvalue weighted by atomic mass is 10.5. The van der Waals surface area contributed by atoms with Crippen molar-refractivity contribution < 1.29 is 13.3 Å². The van der Waals surface area contributed by atoms with E-state index in [0.717, 1.165) is 22.3 Å². The first kappa shape index (κ1) is 15.9. The molecule has 0 aromatic carbocycles. The van der Waals surface area contributed by atoms with E-state index in [1.54, 1.807) is 6.92 Å². The number of nitrogens with zero attached hydrogens (tertiary/aromatic N) is 1. The van der Waals surface area contributed by atoms with Crippen molar-refractivity contribution in [3.8, 4) is 0 Å². The van der Waals surface area contributed by atoms with Crippen molar-refractivity contribution in [2.45, 2.75) is 17.7 Å². The molecule has 0 aliphatic carbocycles. The van der Waals surface area contributed by atoms with Gasteiger partial charge in [-0.05, 0) is 18.4 Å². The van der Waals surface area contributed by atoms with Crippen LogP contribution in [0.2, 0.25) is 0 Å². The Kier molecular flexibility index (Phi) is 4.93. The summed E-state index contributed by atoms with van der Waals surface area (Å²) in [6.07, 6.45) is 0. The van der Waals surface area contributed by atoms with Crippen LogP contribution in [0.25, 0.3) is 0 Å². The largest absolute Gasteiger partial charge is 0.372 e. The summed E-state index contributed by atoms with van der Waals surface area (Å²) in [5, 5.41) is 15.8. The Morgan fingerprint density at radius 1 is 1.43 bits per heavy atom. The summed E-state index contributed by atoms with van der Waals surface area (Å²) in [5.74, 6) is 0. The summed E-state index contributed by atoms with van der Waals surface area (Å²) < 4.78 is 26.7. The maximum absolute atomic E-state index is 12.2. The van der Waals surface area contributed by atoms with Gasteiger partial charge in [0.25, 0.3) is 10.0 Å². The normalized spacial score (nSPS) is 11.5. The van der Waals surface area contributed by atoms with E-state index in [-0.39, 0.29) is 21.4 Å². The molecule has 114 valence electrons. The van der Waals surface area contributed by atoms with Crippen molar-refractivity contribution in [3.63, 3.8) is 0 Å². The van der Waals surface area contributed by atoms with Crippen LogP contribution in [-0.4, -0.2) is 19.9 Å². The third kappa shape index (κ3) is 3.79. The van der Waals surface area contributed by atoms with Gasteiger partial charge in [0.05, 0.1) is 4.92 Å². The third-order valence-electron chi connectivity index (χ3n) is 2.51. The summed E-state index contributed by atoms with van der Waals surface area (Å²) in [6, 6.07) is 4.72. The van der Waals surface area contributed by atoms with Crippen LogP contribution in [0.4, 0.5) is 10.7 Å². The lowest BCUT2D eigenvalue weighted by Crippen LogP contribution is -2.21. The summed E-state index contributed by atoms with van der Waals surface area (Å²) >= 11 is 2.29. The molecule has 10 heteroatoms. The van der Waals surface area contributed by atoms with Gasteiger partial charge in [-0.2, -0.15) is 0 Å². The molecule has 21 heavy (non-hydrogen) atoms. The average Bonchev–Trinajstić information content (AvgIpc) is 3.06. The minimum Gasteiger partial charge on any atom is -0.372 e. The number of hydrogen-bond acceptors (Lipinski definition) is 7. The lowest BCUT2D eigenvalue weighted by molar-refractivity contribution is -0.383. The molecule has 2 rings (SSSR count). The van der Waals surface area contributed by atoms with Gasteiger partial charge >= 0.3 is 5.69 Å². The standard InChI is InChI=1S/C11H13N3O4S3/c1-2-12-11-9(14(15)16)6-10(20-11)21(17,18)13-7-8-4-3-5-19-8/h3-6,12-13H,2,7H2,1H3. The molecule has 0 saturated heterocycles. The number of anilines is 1. The summed E-state index contributed by atoms with van der Waals surface area (Å²) in [5.41, 5.74) is -0.224. The molecular weight excluding hydrogens is 334 g/mol. The van der Waals surface area contributed by atoms with Gasteiger partial charge in [-0.1, -0.05) is 17.4 Å². The highest BCUT2D eigenvalue weighted by Crippen LogP contribution is 2.36. The fourth-order valence-electron chi connectivity index (χ4n) is 1.57. The number of rotatable bonds is 7. The van der Waals surface area contributed by atoms with Crippen LogP contribution >= 0.6 is 22.7 Å². The van der Waals surface area contributed by atoms with Gasteiger partial charge in [-0.3, -0.25) is 10.1 Å². The Labute approximate surface area is 129 Å². The summed E-state index contributed by atoms with van der Waals surface area (Å²) in [7, 11) is -3.76. The monoisotopic (exact) mass is 347 g/mol. The molecule has 0 amide bonds. The molecule has 2 N–H and O–H groups in total. The Bertz CT molecular complexity index is 722. The molecule has 0 fully saturated rings. The quantitative estimate of drug-likeness (QED) is 0.592. The zero-order chi connectivity index (χ0) is 15.5. The minimum atomic E-state index is -3.76. The fraction of sp³-hybridized carbons (Fsp3) is 0.273. The van der Waals surface area contributed by atoms with Crippen LogP contribution in [0, 0.1) is 10.1 Å². The van der Waals surface area contributed by atoms with E-state index in [1.165, 1.54) is 11.3 Å². The highest BCUT2D eigenvalue weighted by Gasteiger charge is 2.25. The number of nitro groups is 1. The van der Waals surface area contributed by atoms with E-state index in [4.69, 9.17) is 0 Å². The van der Waals surface area contributed by atoms with E-state index in [0.29, 0.717) is 6.54 Å². The van der Waals surface area contributed by atoms with Crippen LogP contribution in [-0.2, 0) is 16.6 Å². The first-order chi connectivity index (χ1) is 9.94. The van der Waals surface area contributed by atoms with E-state index in [2.05, 4.69) is 10.0 Å². The Morgan fingerprint density at radius 2 is 2.19 bits per heavy atom. The van der Waals surface area contributed by atoms with Crippen molar-refractivity contribution in [2.24, 2.45) is 0 Å². The van der Waals surface area contributed by atoms with E-state index in [1.807, 2.05) is 17.5 Å². The molecule has 0 aliphatic heterocycles. The highest BCUT2D eigenvalue weighted by atomic mass is 32.2. The van der Waals surface area contributed by atoms with Crippen LogP contribution in [0.5, 0.6) is 0 Å². The second-order valence-electron chi connectivity index (χ2n) is 3.97. The average molecular weight is 347 g/mol. The van der Waals surface area contributed by atoms with Gasteiger partial charge in [0, 0.05) is 24.0 Å². The van der Waals surface area contributed by atoms with Gasteiger partial charge in [-0.25, -0.2) is 13.1 Å². The number of nitrogens with one attached hydrogen (secondary N) is 2. The molecule has 0 unspecified atom stereocenters. The zero-order valence-electron chi connectivity index (χ0n) is 11.0. The second-order valence-corrected chi connectivity index (χ2v) is 8.05. The molecule has 0 saturated carbocycles. The highest BCUT2D eigenvalue weighted by molar-refractivity contribution is 7.91. The summed E-state index contributed by atoms with van der Waals surface area (Å²) in [6.45, 7) is 2.43. The Morgan fingerprint density at radius 3 is 2.76 bits per heavy atom. The predicted octanol–water partition coefficient (Wildman–Crippen LogP) is 2.63. The van der Waals surface area contributed by atoms with Crippen LogP contribution in [0.3, 0.4) is 0 Å². The molecule has 0 bridgehead atoms. The molecule has 2 aromatic heterocycles. The van der Waals surface area contributed by atoms with Crippen LogP contribution in [0.1, 0.15) is 11.8 Å². The van der Waals surface area contributed by atoms with Crippen LogP contribution < -0.4 is 10.0 Å². The number of sulfonamides is 1. The van der Waals surface area contributed by atoms with E-state index >= 15 is 0 Å². The van der Waals surface area contributed by atoms with E-state index < -0.39 is 14.9 Å². The molecule has 7 nitrogen and oxygen atoms in total. The Hall–Kier alpha value is -1.49. The van der Waals surface area contributed by atoms with Crippen molar-refractivity contribution >= 4 is 43.4 Å². The second kappa shape index (κ2) is 6.52. The van der Waals surface area contributed by atoms with Crippen molar-refractivity contribution in [3.05, 3.63) is 38.6 Å².